The van der Waals surface area contributed by atoms with Crippen molar-refractivity contribution >= 4 is 33.9 Å². The Morgan fingerprint density at radius 2 is 1.73 bits per heavy atom. The second-order valence-electron chi connectivity index (χ2n) is 12.5. The first-order valence-electron chi connectivity index (χ1n) is 16.3. The van der Waals surface area contributed by atoms with E-state index in [-0.39, 0.29) is 56.8 Å². The predicted octanol–water partition coefficient (Wildman–Crippen LogP) is 7.38. The minimum Gasteiger partial charge on any atom is -0.494 e. The van der Waals surface area contributed by atoms with Gasteiger partial charge in [-0.15, -0.1) is 0 Å². The van der Waals surface area contributed by atoms with Crippen molar-refractivity contribution in [1.29, 1.82) is 0 Å². The highest BCUT2D eigenvalue weighted by atomic mass is 19.4. The Kier molecular flexibility index (Phi) is 10.0. The van der Waals surface area contributed by atoms with E-state index in [9.17, 15) is 22.8 Å². The maximum absolute atomic E-state index is 15.2. The quantitative estimate of drug-likeness (QED) is 0.0893. The van der Waals surface area contributed by atoms with Crippen LogP contribution in [0, 0.1) is 18.6 Å². The number of fused-ring (bicyclic) bond motifs is 2. The van der Waals surface area contributed by atoms with Crippen molar-refractivity contribution in [2.45, 2.75) is 50.9 Å². The molecule has 2 aromatic carbocycles. The molecule has 0 atom stereocenters. The van der Waals surface area contributed by atoms with E-state index in [0.717, 1.165) is 43.9 Å². The van der Waals surface area contributed by atoms with Crippen LogP contribution >= 0.6 is 0 Å². The molecule has 3 heterocycles. The van der Waals surface area contributed by atoms with Crippen LogP contribution in [-0.4, -0.2) is 58.6 Å². The van der Waals surface area contributed by atoms with Gasteiger partial charge in [-0.2, -0.15) is 13.2 Å². The number of carbonyl (C=O) groups is 2. The largest absolute Gasteiger partial charge is 0.494 e. The zero-order valence-electron chi connectivity index (χ0n) is 28.3. The first-order chi connectivity index (χ1) is 24.3. The van der Waals surface area contributed by atoms with Crippen molar-refractivity contribution in [1.82, 2.24) is 19.3 Å². The predicted molar refractivity (Wildman–Crippen MR) is 182 cm³/mol. The summed E-state index contributed by atoms with van der Waals surface area (Å²) in [6, 6.07) is 8.63. The SMILES string of the molecule is COc1c(-c2cccn3c(C(=O)c4cc(F)c(NC(=O)/C=C/CNC5CCC(OC)CC5)c(F)c4)ccc23)c(C(F)(F)F)cc2c1nc(C)n2C. The van der Waals surface area contributed by atoms with Gasteiger partial charge in [0, 0.05) is 55.7 Å². The number of imidazole rings is 1. The van der Waals surface area contributed by atoms with E-state index >= 15 is 8.78 Å². The molecule has 1 aliphatic rings. The maximum atomic E-state index is 15.2. The molecule has 0 bridgehead atoms. The average Bonchev–Trinajstić information content (AvgIpc) is 3.67. The standard InChI is InChI=1S/C37H36F5N5O4/c1-20-44-34-30(46(20)2)19-25(37(40,41)42)32(36(34)51-4)24-7-6-16-47-28(24)13-14-29(47)35(49)21-17-26(38)33(27(39)18-21)45-31(48)8-5-15-43-22-9-11-23(50-3)12-10-22/h5-8,13-14,16-19,22-23,43H,9-12,15H2,1-4H3,(H,45,48)/b8-5+. The second-order valence-corrected chi connectivity index (χ2v) is 12.5. The number of nitrogens with one attached hydrogen (secondary N) is 2. The highest BCUT2D eigenvalue weighted by Crippen LogP contribution is 2.47. The summed E-state index contributed by atoms with van der Waals surface area (Å²) in [5.74, 6) is -3.51. The first-order valence-corrected chi connectivity index (χ1v) is 16.3. The Bertz CT molecular complexity index is 2140. The smallest absolute Gasteiger partial charge is 0.417 e. The van der Waals surface area contributed by atoms with E-state index in [4.69, 9.17) is 9.47 Å². The van der Waals surface area contributed by atoms with Crippen LogP contribution < -0.4 is 15.4 Å². The summed E-state index contributed by atoms with van der Waals surface area (Å²) in [6.45, 7) is 2.05. The Balaban J connectivity index is 1.25. The van der Waals surface area contributed by atoms with Gasteiger partial charge >= 0.3 is 6.18 Å². The summed E-state index contributed by atoms with van der Waals surface area (Å²) in [5.41, 5.74) is -1.60. The number of hydrogen-bond donors (Lipinski definition) is 2. The van der Waals surface area contributed by atoms with Crippen molar-refractivity contribution < 1.29 is 41.0 Å². The van der Waals surface area contributed by atoms with Crippen LogP contribution in [0.3, 0.4) is 0 Å². The van der Waals surface area contributed by atoms with Gasteiger partial charge in [0.05, 0.1) is 35.5 Å². The number of carbonyl (C=O) groups excluding carboxylic acids is 2. The number of amides is 1. The summed E-state index contributed by atoms with van der Waals surface area (Å²) in [4.78, 5) is 30.5. The number of hydrogen-bond acceptors (Lipinski definition) is 6. The molecular formula is C37H36F5N5O4. The van der Waals surface area contributed by atoms with Gasteiger partial charge < -0.3 is 29.1 Å². The molecule has 2 N–H and O–H groups in total. The number of methoxy groups -OCH3 is 2. The van der Waals surface area contributed by atoms with E-state index in [0.29, 0.717) is 12.4 Å². The van der Waals surface area contributed by atoms with E-state index in [1.165, 1.54) is 52.6 Å². The van der Waals surface area contributed by atoms with Crippen LogP contribution in [-0.2, 0) is 22.8 Å². The molecule has 268 valence electrons. The number of anilines is 1. The van der Waals surface area contributed by atoms with Crippen LogP contribution in [0.5, 0.6) is 5.75 Å². The molecule has 6 rings (SSSR count). The summed E-state index contributed by atoms with van der Waals surface area (Å²) >= 11 is 0. The van der Waals surface area contributed by atoms with E-state index in [1.807, 2.05) is 0 Å². The number of ether oxygens (including phenoxy) is 2. The normalized spacial score (nSPS) is 16.7. The number of aryl methyl sites for hydroxylation is 2. The van der Waals surface area contributed by atoms with Crippen molar-refractivity contribution in [2.75, 3.05) is 26.1 Å². The second kappa shape index (κ2) is 14.3. The molecule has 0 unspecified atom stereocenters. The molecule has 1 fully saturated rings. The molecule has 1 aliphatic carbocycles. The van der Waals surface area contributed by atoms with Crippen molar-refractivity contribution in [3.8, 4) is 16.9 Å². The van der Waals surface area contributed by atoms with Crippen LogP contribution in [0.25, 0.3) is 27.7 Å². The third kappa shape index (κ3) is 6.97. The number of rotatable bonds is 10. The lowest BCUT2D eigenvalue weighted by Crippen LogP contribution is -2.35. The van der Waals surface area contributed by atoms with Crippen LogP contribution in [0.4, 0.5) is 27.6 Å². The molecule has 0 saturated heterocycles. The van der Waals surface area contributed by atoms with Gasteiger partial charge in [0.25, 0.3) is 0 Å². The number of ketones is 1. The molecule has 14 heteroatoms. The topological polar surface area (TPSA) is 98.9 Å². The van der Waals surface area contributed by atoms with Crippen molar-refractivity contribution in [3.05, 3.63) is 95.1 Å². The Morgan fingerprint density at radius 1 is 1.02 bits per heavy atom. The van der Waals surface area contributed by atoms with Gasteiger partial charge in [-0.1, -0.05) is 12.1 Å². The van der Waals surface area contributed by atoms with E-state index < -0.39 is 40.8 Å². The molecule has 0 spiro atoms. The van der Waals surface area contributed by atoms with Gasteiger partial charge in [-0.05, 0) is 69.0 Å². The summed E-state index contributed by atoms with van der Waals surface area (Å²) in [6.07, 6.45) is 3.43. The fraction of sp³-hybridized carbons (Fsp3) is 0.324. The number of aromatic nitrogens is 3. The molecule has 5 aromatic rings. The summed E-state index contributed by atoms with van der Waals surface area (Å²) < 4.78 is 87.9. The molecule has 0 aliphatic heterocycles. The molecular weight excluding hydrogens is 673 g/mol. The fourth-order valence-electron chi connectivity index (χ4n) is 6.67. The third-order valence-electron chi connectivity index (χ3n) is 9.41. The van der Waals surface area contributed by atoms with Gasteiger partial charge in [0.2, 0.25) is 11.7 Å². The highest BCUT2D eigenvalue weighted by molar-refractivity contribution is 6.10. The summed E-state index contributed by atoms with van der Waals surface area (Å²) in [5, 5.41) is 5.51. The lowest BCUT2D eigenvalue weighted by atomic mass is 9.93. The number of alkyl halides is 3. The minimum absolute atomic E-state index is 0.0594. The average molecular weight is 710 g/mol. The highest BCUT2D eigenvalue weighted by Gasteiger charge is 2.38. The zero-order chi connectivity index (χ0) is 36.6. The van der Waals surface area contributed by atoms with Crippen LogP contribution in [0.15, 0.2) is 60.8 Å². The maximum Gasteiger partial charge on any atom is 0.417 e. The molecule has 9 nitrogen and oxygen atoms in total. The third-order valence-corrected chi connectivity index (χ3v) is 9.41. The fourth-order valence-corrected chi connectivity index (χ4v) is 6.67. The minimum atomic E-state index is -4.78. The zero-order valence-corrected chi connectivity index (χ0v) is 28.3. The van der Waals surface area contributed by atoms with E-state index in [1.54, 1.807) is 27.2 Å². The van der Waals surface area contributed by atoms with Gasteiger partial charge in [-0.25, -0.2) is 13.8 Å². The van der Waals surface area contributed by atoms with E-state index in [2.05, 4.69) is 15.6 Å². The van der Waals surface area contributed by atoms with Crippen molar-refractivity contribution in [3.63, 3.8) is 0 Å². The van der Waals surface area contributed by atoms with Crippen LogP contribution in [0.2, 0.25) is 0 Å². The number of benzene rings is 2. The molecule has 1 amide bonds. The molecule has 3 aromatic heterocycles. The summed E-state index contributed by atoms with van der Waals surface area (Å²) in [7, 11) is 4.56. The first kappa shape index (κ1) is 35.7. The van der Waals surface area contributed by atoms with Crippen molar-refractivity contribution in [2.24, 2.45) is 7.05 Å². The molecule has 1 saturated carbocycles. The van der Waals surface area contributed by atoms with Gasteiger partial charge in [0.1, 0.15) is 28.7 Å². The Morgan fingerprint density at radius 3 is 2.37 bits per heavy atom. The lowest BCUT2D eigenvalue weighted by Gasteiger charge is -2.27. The van der Waals surface area contributed by atoms with Crippen LogP contribution in [0.1, 0.15) is 53.1 Å². The lowest BCUT2D eigenvalue weighted by molar-refractivity contribution is -0.137. The Hall–Kier alpha value is -5.08. The molecule has 0 radical (unpaired) electrons. The number of nitrogens with zero attached hydrogens (tertiary/aromatic N) is 3. The number of halogens is 5. The molecule has 51 heavy (non-hydrogen) atoms. The van der Waals surface area contributed by atoms with Gasteiger partial charge in [-0.3, -0.25) is 9.59 Å². The Labute approximate surface area is 290 Å². The number of pyridine rings is 1. The van der Waals surface area contributed by atoms with Gasteiger partial charge in [0.15, 0.2) is 5.75 Å². The monoisotopic (exact) mass is 709 g/mol.